The van der Waals surface area contributed by atoms with Crippen molar-refractivity contribution in [2.45, 2.75) is 36.5 Å². The van der Waals surface area contributed by atoms with Crippen molar-refractivity contribution >= 4 is 17.7 Å². The molecule has 112 valence electrons. The molecule has 0 unspecified atom stereocenters. The molecule has 1 aliphatic carbocycles. The number of pyridine rings is 1. The average molecular weight is 304 g/mol. The van der Waals surface area contributed by atoms with Gasteiger partial charge in [-0.3, -0.25) is 9.78 Å². The molecule has 1 atom stereocenters. The van der Waals surface area contributed by atoms with Crippen LogP contribution in [0.2, 0.25) is 0 Å². The summed E-state index contributed by atoms with van der Waals surface area (Å²) in [6, 6.07) is 3.85. The van der Waals surface area contributed by atoms with E-state index < -0.39 is 0 Å². The van der Waals surface area contributed by atoms with Gasteiger partial charge in [0.25, 0.3) is 0 Å². The van der Waals surface area contributed by atoms with Gasteiger partial charge in [-0.2, -0.15) is 0 Å². The lowest BCUT2D eigenvalue weighted by Gasteiger charge is -2.49. The lowest BCUT2D eigenvalue weighted by atomic mass is 9.82. The molecule has 1 aromatic rings. The predicted molar refractivity (Wildman–Crippen MR) is 82.4 cm³/mol. The Balaban J connectivity index is 1.30. The molecule has 1 saturated carbocycles. The van der Waals surface area contributed by atoms with Gasteiger partial charge in [0, 0.05) is 37.4 Å². The van der Waals surface area contributed by atoms with Gasteiger partial charge in [0.2, 0.25) is 5.91 Å². The Hall–Kier alpha value is -1.23. The molecule has 3 fully saturated rings. The maximum atomic E-state index is 12.2. The molecule has 21 heavy (non-hydrogen) atoms. The molecule has 1 aromatic heterocycles. The summed E-state index contributed by atoms with van der Waals surface area (Å²) in [4.78, 5) is 18.3. The van der Waals surface area contributed by atoms with Gasteiger partial charge in [0.15, 0.2) is 0 Å². The number of amides is 1. The molecule has 0 radical (unpaired) electrons. The van der Waals surface area contributed by atoms with Crippen LogP contribution in [0, 0.1) is 5.92 Å². The Morgan fingerprint density at radius 2 is 2.29 bits per heavy atom. The number of carbonyl (C=O) groups excluding carboxylic acids is 1. The summed E-state index contributed by atoms with van der Waals surface area (Å²) in [5.74, 6) is 2.59. The van der Waals surface area contributed by atoms with E-state index in [0.717, 1.165) is 43.9 Å². The molecule has 3 aliphatic rings. The van der Waals surface area contributed by atoms with Crippen molar-refractivity contribution in [1.29, 1.82) is 0 Å². The highest BCUT2D eigenvalue weighted by molar-refractivity contribution is 8.01. The van der Waals surface area contributed by atoms with Crippen molar-refractivity contribution in [3.63, 3.8) is 0 Å². The number of carbonyl (C=O) groups is 1. The van der Waals surface area contributed by atoms with Gasteiger partial charge >= 0.3 is 0 Å². The minimum atomic E-state index is 0.250. The van der Waals surface area contributed by atoms with Crippen molar-refractivity contribution in [3.05, 3.63) is 24.5 Å². The Labute approximate surface area is 129 Å². The van der Waals surface area contributed by atoms with Crippen LogP contribution in [0.3, 0.4) is 0 Å². The van der Waals surface area contributed by atoms with E-state index in [9.17, 15) is 4.79 Å². The predicted octanol–water partition coefficient (Wildman–Crippen LogP) is 2.35. The van der Waals surface area contributed by atoms with Crippen LogP contribution < -0.4 is 4.74 Å². The van der Waals surface area contributed by atoms with Gasteiger partial charge < -0.3 is 9.64 Å². The molecule has 2 aliphatic heterocycles. The van der Waals surface area contributed by atoms with Gasteiger partial charge in [-0.25, -0.2) is 0 Å². The standard InChI is InChI=1S/C16H20N2O2S/c19-15(12-3-1-4-12)18-10-16(11-18)7-14(9-21-16)20-13-5-2-6-17-8-13/h2,5-6,8,12,14H,1,3-4,7,9-11H2/t14-/m0/s1. The minimum absolute atomic E-state index is 0.250. The SMILES string of the molecule is O=C(C1CCC1)N1CC2(C[C@H](Oc3cccnc3)CS2)C1. The summed E-state index contributed by atoms with van der Waals surface area (Å²) in [6.45, 7) is 1.83. The molecule has 3 heterocycles. The quantitative estimate of drug-likeness (QED) is 0.859. The van der Waals surface area contributed by atoms with Gasteiger partial charge in [-0.05, 0) is 25.0 Å². The van der Waals surface area contributed by atoms with E-state index in [0.29, 0.717) is 11.8 Å². The van der Waals surface area contributed by atoms with Gasteiger partial charge in [-0.15, -0.1) is 11.8 Å². The minimum Gasteiger partial charge on any atom is -0.488 e. The second kappa shape index (κ2) is 5.20. The third-order valence-corrected chi connectivity index (χ3v) is 6.41. The molecule has 1 spiro atoms. The van der Waals surface area contributed by atoms with Crippen molar-refractivity contribution in [2.75, 3.05) is 18.8 Å². The highest BCUT2D eigenvalue weighted by Gasteiger charge is 2.52. The molecule has 5 heteroatoms. The fraction of sp³-hybridized carbons (Fsp3) is 0.625. The summed E-state index contributed by atoms with van der Waals surface area (Å²) in [7, 11) is 0. The van der Waals surface area contributed by atoms with Crippen LogP contribution in [-0.4, -0.2) is 45.5 Å². The number of aromatic nitrogens is 1. The van der Waals surface area contributed by atoms with E-state index in [1.165, 1.54) is 6.42 Å². The first-order valence-electron chi connectivity index (χ1n) is 7.74. The maximum absolute atomic E-state index is 12.2. The zero-order valence-corrected chi connectivity index (χ0v) is 12.8. The summed E-state index contributed by atoms with van der Waals surface area (Å²) < 4.78 is 6.25. The summed E-state index contributed by atoms with van der Waals surface area (Å²) in [6.07, 6.45) is 8.24. The number of nitrogens with zero attached hydrogens (tertiary/aromatic N) is 2. The Morgan fingerprint density at radius 3 is 2.95 bits per heavy atom. The van der Waals surface area contributed by atoms with Crippen LogP contribution in [-0.2, 0) is 4.79 Å². The van der Waals surface area contributed by atoms with E-state index >= 15 is 0 Å². The summed E-state index contributed by atoms with van der Waals surface area (Å²) in [5, 5.41) is 0. The first kappa shape index (κ1) is 13.4. The Kier molecular flexibility index (Phi) is 3.32. The normalized spacial score (nSPS) is 27.2. The smallest absolute Gasteiger partial charge is 0.225 e. The van der Waals surface area contributed by atoms with E-state index in [1.54, 1.807) is 12.4 Å². The van der Waals surface area contributed by atoms with Crippen LogP contribution in [0.15, 0.2) is 24.5 Å². The Bertz CT molecular complexity index is 526. The number of likely N-dealkylation sites (tertiary alicyclic amines) is 1. The highest BCUT2D eigenvalue weighted by atomic mass is 32.2. The van der Waals surface area contributed by atoms with Crippen LogP contribution in [0.1, 0.15) is 25.7 Å². The molecular weight excluding hydrogens is 284 g/mol. The van der Waals surface area contributed by atoms with Gasteiger partial charge in [0.1, 0.15) is 11.9 Å². The third kappa shape index (κ3) is 2.52. The van der Waals surface area contributed by atoms with Crippen LogP contribution in [0.5, 0.6) is 5.75 Å². The zero-order chi connectivity index (χ0) is 14.3. The van der Waals surface area contributed by atoms with Crippen LogP contribution in [0.4, 0.5) is 0 Å². The van der Waals surface area contributed by atoms with E-state index in [2.05, 4.69) is 9.88 Å². The van der Waals surface area contributed by atoms with Crippen LogP contribution >= 0.6 is 11.8 Å². The monoisotopic (exact) mass is 304 g/mol. The molecule has 2 saturated heterocycles. The van der Waals surface area contributed by atoms with E-state index in [1.807, 2.05) is 23.9 Å². The summed E-state index contributed by atoms with van der Waals surface area (Å²) >= 11 is 1.98. The van der Waals surface area contributed by atoms with E-state index in [-0.39, 0.29) is 10.9 Å². The van der Waals surface area contributed by atoms with Crippen molar-refractivity contribution < 1.29 is 9.53 Å². The summed E-state index contributed by atoms with van der Waals surface area (Å²) in [5.41, 5.74) is 0. The lowest BCUT2D eigenvalue weighted by Crippen LogP contribution is -2.62. The number of rotatable bonds is 3. The Morgan fingerprint density at radius 1 is 1.43 bits per heavy atom. The lowest BCUT2D eigenvalue weighted by molar-refractivity contribution is -0.143. The third-order valence-electron chi connectivity index (χ3n) is 4.84. The maximum Gasteiger partial charge on any atom is 0.225 e. The van der Waals surface area contributed by atoms with Crippen molar-refractivity contribution in [2.24, 2.45) is 5.92 Å². The highest BCUT2D eigenvalue weighted by Crippen LogP contribution is 2.47. The van der Waals surface area contributed by atoms with Gasteiger partial charge in [0.05, 0.1) is 10.9 Å². The zero-order valence-electron chi connectivity index (χ0n) is 12.0. The number of hydrogen-bond acceptors (Lipinski definition) is 4. The van der Waals surface area contributed by atoms with Crippen molar-refractivity contribution in [1.82, 2.24) is 9.88 Å². The topological polar surface area (TPSA) is 42.4 Å². The number of hydrogen-bond donors (Lipinski definition) is 0. The van der Waals surface area contributed by atoms with Crippen LogP contribution in [0.25, 0.3) is 0 Å². The molecule has 0 bridgehead atoms. The second-order valence-electron chi connectivity index (χ2n) is 6.45. The first-order chi connectivity index (χ1) is 10.2. The molecular formula is C16H20N2O2S. The molecule has 0 aromatic carbocycles. The number of thioether (sulfide) groups is 1. The molecule has 4 rings (SSSR count). The average Bonchev–Trinajstić information content (AvgIpc) is 2.80. The molecule has 0 N–H and O–H groups in total. The van der Waals surface area contributed by atoms with Crippen molar-refractivity contribution in [3.8, 4) is 5.75 Å². The second-order valence-corrected chi connectivity index (χ2v) is 7.94. The molecule has 1 amide bonds. The van der Waals surface area contributed by atoms with Gasteiger partial charge in [-0.1, -0.05) is 6.42 Å². The fourth-order valence-corrected chi connectivity index (χ4v) is 4.95. The fourth-order valence-electron chi connectivity index (χ4n) is 3.43. The molecule has 4 nitrogen and oxygen atoms in total. The first-order valence-corrected chi connectivity index (χ1v) is 8.72. The largest absolute Gasteiger partial charge is 0.488 e. The van der Waals surface area contributed by atoms with E-state index in [4.69, 9.17) is 4.74 Å². The number of ether oxygens (including phenoxy) is 1.